The van der Waals surface area contributed by atoms with Crippen LogP contribution in [0.25, 0.3) is 10.6 Å². The van der Waals surface area contributed by atoms with Crippen molar-refractivity contribution in [3.63, 3.8) is 0 Å². The zero-order valence-corrected chi connectivity index (χ0v) is 15.2. The van der Waals surface area contributed by atoms with E-state index < -0.39 is 10.0 Å². The average Bonchev–Trinajstić information content (AvgIpc) is 2.88. The smallest absolute Gasteiger partial charge is 0.268 e. The quantitative estimate of drug-likeness (QED) is 0.808. The van der Waals surface area contributed by atoms with Crippen molar-refractivity contribution in [1.82, 2.24) is 8.87 Å². The van der Waals surface area contributed by atoms with Crippen LogP contribution in [0, 0.1) is 17.2 Å². The number of rotatable bonds is 4. The average molecular weight is 384 g/mol. The van der Waals surface area contributed by atoms with Gasteiger partial charge in [-0.05, 0) is 24.3 Å². The normalized spacial score (nSPS) is 15.9. The first kappa shape index (κ1) is 17.2. The van der Waals surface area contributed by atoms with Crippen molar-refractivity contribution >= 4 is 33.0 Å². The van der Waals surface area contributed by atoms with Crippen LogP contribution in [0.4, 0.5) is 0 Å². The minimum absolute atomic E-state index is 0.0422. The van der Waals surface area contributed by atoms with Crippen LogP contribution in [0.2, 0.25) is 4.34 Å². The molecule has 1 saturated heterocycles. The van der Waals surface area contributed by atoms with Crippen LogP contribution in [0.1, 0.15) is 5.56 Å². The van der Waals surface area contributed by atoms with Crippen LogP contribution in [0.15, 0.2) is 29.1 Å². The summed E-state index contributed by atoms with van der Waals surface area (Å²) in [5.74, 6) is 0.0422. The lowest BCUT2D eigenvalue weighted by molar-refractivity contribution is 0.180. The molecule has 0 unspecified atom stereocenters. The molecule has 0 atom stereocenters. The van der Waals surface area contributed by atoms with Gasteiger partial charge in [0.1, 0.15) is 11.6 Å². The highest BCUT2D eigenvalue weighted by Crippen LogP contribution is 2.31. The Balaban J connectivity index is 1.94. The maximum Gasteiger partial charge on any atom is 0.268 e. The lowest BCUT2D eigenvalue weighted by atomic mass is 10.0. The van der Waals surface area contributed by atoms with Gasteiger partial charge in [-0.2, -0.15) is 5.26 Å². The molecular weight excluding hydrogens is 370 g/mol. The second-order valence-corrected chi connectivity index (χ2v) is 9.41. The van der Waals surface area contributed by atoms with E-state index in [9.17, 15) is 13.2 Å². The molecule has 0 N–H and O–H groups in total. The van der Waals surface area contributed by atoms with E-state index >= 15 is 0 Å². The Morgan fingerprint density at radius 1 is 1.33 bits per heavy atom. The summed E-state index contributed by atoms with van der Waals surface area (Å²) in [6.45, 7) is 1.13. The summed E-state index contributed by atoms with van der Waals surface area (Å²) in [5, 5.41) is 9.09. The molecule has 0 aliphatic carbocycles. The van der Waals surface area contributed by atoms with E-state index in [4.69, 9.17) is 16.9 Å². The van der Waals surface area contributed by atoms with Gasteiger partial charge in [0, 0.05) is 25.6 Å². The van der Waals surface area contributed by atoms with Crippen LogP contribution in [-0.2, 0) is 16.6 Å². The number of sulfonamides is 1. The number of hydrogen-bond donors (Lipinski definition) is 0. The van der Waals surface area contributed by atoms with Gasteiger partial charge in [-0.1, -0.05) is 11.6 Å². The Morgan fingerprint density at radius 2 is 2.04 bits per heavy atom. The molecule has 24 heavy (non-hydrogen) atoms. The molecule has 0 saturated carbocycles. The van der Waals surface area contributed by atoms with E-state index in [2.05, 4.69) is 0 Å². The van der Waals surface area contributed by atoms with Crippen LogP contribution >= 0.6 is 22.9 Å². The minimum Gasteiger partial charge on any atom is -0.306 e. The number of pyridine rings is 1. The molecule has 1 fully saturated rings. The molecular formula is C15H14ClN3O3S2. The summed E-state index contributed by atoms with van der Waals surface area (Å²) in [7, 11) is -3.19. The fourth-order valence-corrected chi connectivity index (χ4v) is 4.72. The van der Waals surface area contributed by atoms with Crippen molar-refractivity contribution in [2.24, 2.45) is 5.92 Å². The summed E-state index contributed by atoms with van der Waals surface area (Å²) in [6.07, 6.45) is 1.17. The maximum absolute atomic E-state index is 12.5. The van der Waals surface area contributed by atoms with Gasteiger partial charge in [0.15, 0.2) is 0 Å². The van der Waals surface area contributed by atoms with Gasteiger partial charge in [-0.25, -0.2) is 12.7 Å². The van der Waals surface area contributed by atoms with E-state index in [1.54, 1.807) is 16.7 Å². The molecule has 3 heterocycles. The predicted molar refractivity (Wildman–Crippen MR) is 93.6 cm³/mol. The summed E-state index contributed by atoms with van der Waals surface area (Å²) in [4.78, 5) is 13.4. The van der Waals surface area contributed by atoms with Crippen LogP contribution < -0.4 is 5.56 Å². The first-order valence-corrected chi connectivity index (χ1v) is 10.2. The molecule has 0 bridgehead atoms. The van der Waals surface area contributed by atoms with Crippen molar-refractivity contribution in [3.8, 4) is 16.6 Å². The fourth-order valence-electron chi connectivity index (χ4n) is 2.68. The molecule has 0 amide bonds. The van der Waals surface area contributed by atoms with Gasteiger partial charge < -0.3 is 4.57 Å². The molecule has 2 aromatic rings. The van der Waals surface area contributed by atoms with Gasteiger partial charge in [0.05, 0.1) is 21.2 Å². The third-order valence-electron chi connectivity index (χ3n) is 3.95. The maximum atomic E-state index is 12.5. The Labute approximate surface area is 148 Å². The van der Waals surface area contributed by atoms with E-state index in [0.717, 1.165) is 4.88 Å². The van der Waals surface area contributed by atoms with Crippen LogP contribution in [-0.4, -0.2) is 36.6 Å². The Morgan fingerprint density at radius 3 is 2.58 bits per heavy atom. The van der Waals surface area contributed by atoms with Crippen molar-refractivity contribution < 1.29 is 8.42 Å². The predicted octanol–water partition coefficient (Wildman–Crippen LogP) is 1.99. The molecule has 6 nitrogen and oxygen atoms in total. The summed E-state index contributed by atoms with van der Waals surface area (Å²) >= 11 is 7.33. The lowest BCUT2D eigenvalue weighted by Crippen LogP contribution is -2.51. The molecule has 0 aromatic carbocycles. The van der Waals surface area contributed by atoms with Crippen molar-refractivity contribution in [2.75, 3.05) is 19.3 Å². The fraction of sp³-hybridized carbons (Fsp3) is 0.333. The SMILES string of the molecule is CS(=O)(=O)N1CC(Cn2c(-c3ccc(Cl)s3)ccc(C#N)c2=O)C1. The van der Waals surface area contributed by atoms with E-state index in [-0.39, 0.29) is 17.0 Å². The van der Waals surface area contributed by atoms with Gasteiger partial charge in [0.25, 0.3) is 5.56 Å². The summed E-state index contributed by atoms with van der Waals surface area (Å²) in [5.41, 5.74) is 0.395. The number of hydrogen-bond acceptors (Lipinski definition) is 5. The second-order valence-electron chi connectivity index (χ2n) is 5.71. The largest absolute Gasteiger partial charge is 0.306 e. The molecule has 1 aliphatic rings. The highest BCUT2D eigenvalue weighted by atomic mass is 35.5. The van der Waals surface area contributed by atoms with Crippen molar-refractivity contribution in [3.05, 3.63) is 44.5 Å². The summed E-state index contributed by atoms with van der Waals surface area (Å²) < 4.78 is 26.5. The number of nitriles is 1. The monoisotopic (exact) mass is 383 g/mol. The van der Waals surface area contributed by atoms with E-state index in [1.807, 2.05) is 12.1 Å². The number of aromatic nitrogens is 1. The molecule has 9 heteroatoms. The van der Waals surface area contributed by atoms with Gasteiger partial charge in [-0.3, -0.25) is 4.79 Å². The van der Waals surface area contributed by atoms with Crippen LogP contribution in [0.3, 0.4) is 0 Å². The minimum atomic E-state index is -3.19. The van der Waals surface area contributed by atoms with Crippen LogP contribution in [0.5, 0.6) is 0 Å². The molecule has 3 rings (SSSR count). The first-order chi connectivity index (χ1) is 11.3. The lowest BCUT2D eigenvalue weighted by Gasteiger charge is -2.37. The molecule has 2 aromatic heterocycles. The molecule has 0 radical (unpaired) electrons. The number of thiophene rings is 1. The van der Waals surface area contributed by atoms with Gasteiger partial charge >= 0.3 is 0 Å². The van der Waals surface area contributed by atoms with Gasteiger partial charge in [0.2, 0.25) is 10.0 Å². The molecule has 126 valence electrons. The number of halogens is 1. The zero-order chi connectivity index (χ0) is 17.5. The standard InChI is InChI=1S/C15H14ClN3O3S2/c1-24(21,22)18-7-10(8-18)9-19-12(13-4-5-14(16)23-13)3-2-11(6-17)15(19)20/h2-5,10H,7-9H2,1H3. The summed E-state index contributed by atoms with van der Waals surface area (Å²) in [6, 6.07) is 8.72. The Hall–Kier alpha value is -1.66. The third kappa shape index (κ3) is 3.26. The van der Waals surface area contributed by atoms with Crippen molar-refractivity contribution in [1.29, 1.82) is 5.26 Å². The Kier molecular flexibility index (Phi) is 4.53. The number of nitrogens with zero attached hydrogens (tertiary/aromatic N) is 3. The van der Waals surface area contributed by atoms with Crippen molar-refractivity contribution in [2.45, 2.75) is 6.54 Å². The highest BCUT2D eigenvalue weighted by molar-refractivity contribution is 7.88. The molecule has 1 aliphatic heterocycles. The topological polar surface area (TPSA) is 83.2 Å². The van der Waals surface area contributed by atoms with Gasteiger partial charge in [-0.15, -0.1) is 11.3 Å². The third-order valence-corrected chi connectivity index (χ3v) is 6.44. The zero-order valence-electron chi connectivity index (χ0n) is 12.8. The Bertz CT molecular complexity index is 982. The van der Waals surface area contributed by atoms with E-state index in [1.165, 1.54) is 28.0 Å². The first-order valence-electron chi connectivity index (χ1n) is 7.14. The molecule has 0 spiro atoms. The van der Waals surface area contributed by atoms with E-state index in [0.29, 0.717) is 29.7 Å². The highest BCUT2D eigenvalue weighted by Gasteiger charge is 2.33. The second kappa shape index (κ2) is 6.33.